The molecule has 9 nitrogen and oxygen atoms in total. The number of rotatable bonds is 34. The summed E-state index contributed by atoms with van der Waals surface area (Å²) in [5.41, 5.74) is 0. The van der Waals surface area contributed by atoms with Crippen LogP contribution >= 0.6 is 7.82 Å². The quantitative estimate of drug-likeness (QED) is 0.0167. The first kappa shape index (κ1) is 46.7. The molecule has 49 heavy (non-hydrogen) atoms. The third kappa shape index (κ3) is 36.8. The van der Waals surface area contributed by atoms with Crippen LogP contribution in [0.1, 0.15) is 162 Å². The van der Waals surface area contributed by atoms with Crippen LogP contribution in [0.3, 0.4) is 0 Å². The summed E-state index contributed by atoms with van der Waals surface area (Å²) in [7, 11) is -4.77. The normalized spacial score (nSPS) is 12.9. The van der Waals surface area contributed by atoms with Crippen LogP contribution in [-0.2, 0) is 32.9 Å². The first-order valence-corrected chi connectivity index (χ1v) is 20.4. The number of hydrogen-bond donors (Lipinski definition) is 2. The highest BCUT2D eigenvalue weighted by Gasteiger charge is 2.22. The van der Waals surface area contributed by atoms with Gasteiger partial charge in [0.25, 0.3) is 0 Å². The van der Waals surface area contributed by atoms with Gasteiger partial charge >= 0.3 is 19.8 Å². The molecule has 0 aromatic heterocycles. The minimum atomic E-state index is -4.77. The van der Waals surface area contributed by atoms with E-state index in [1.54, 1.807) is 6.08 Å². The Balaban J connectivity index is 4.07. The molecule has 2 N–H and O–H groups in total. The first-order valence-electron chi connectivity index (χ1n) is 18.9. The Morgan fingerprint density at radius 2 is 1.10 bits per heavy atom. The van der Waals surface area contributed by atoms with Crippen LogP contribution in [-0.4, -0.2) is 46.8 Å². The molecule has 0 aliphatic rings. The highest BCUT2D eigenvalue weighted by atomic mass is 31.2. The number of phosphoric ester groups is 1. The Labute approximate surface area is 297 Å². The van der Waals surface area contributed by atoms with Crippen molar-refractivity contribution in [1.29, 1.82) is 0 Å². The van der Waals surface area contributed by atoms with Crippen molar-refractivity contribution in [2.75, 3.05) is 13.2 Å². The molecule has 0 rings (SSSR count). The van der Waals surface area contributed by atoms with Crippen molar-refractivity contribution in [1.82, 2.24) is 0 Å². The van der Waals surface area contributed by atoms with Crippen LogP contribution < -0.4 is 0 Å². The third-order valence-electron chi connectivity index (χ3n) is 7.80. The molecule has 0 fully saturated rings. The summed E-state index contributed by atoms with van der Waals surface area (Å²) in [4.78, 5) is 54.4. The maximum atomic E-state index is 12.4. The van der Waals surface area contributed by atoms with Gasteiger partial charge in [0, 0.05) is 19.3 Å². The van der Waals surface area contributed by atoms with Gasteiger partial charge in [-0.05, 0) is 70.3 Å². The Hall–Kier alpha value is -2.32. The molecule has 0 aromatic carbocycles. The SMILES string of the molecule is CCCCC/C=C\C/C=C\CCCCCCCC(=O)O[C@H](COC(=O)CCCCCCC/C=C\C=C\C(=O)CCCCC)COP(=O)(O)O. The molecule has 0 amide bonds. The molecule has 282 valence electrons. The van der Waals surface area contributed by atoms with Gasteiger partial charge in [0.1, 0.15) is 6.61 Å². The summed E-state index contributed by atoms with van der Waals surface area (Å²) in [5, 5.41) is 0. The van der Waals surface area contributed by atoms with Crippen LogP contribution in [0.4, 0.5) is 0 Å². The summed E-state index contributed by atoms with van der Waals surface area (Å²) in [6, 6.07) is 0. The first-order chi connectivity index (χ1) is 23.7. The number of ether oxygens (including phenoxy) is 2. The van der Waals surface area contributed by atoms with Crippen LogP contribution in [0, 0.1) is 0 Å². The van der Waals surface area contributed by atoms with E-state index in [1.807, 2.05) is 12.2 Å². The van der Waals surface area contributed by atoms with E-state index in [0.29, 0.717) is 19.3 Å². The lowest BCUT2D eigenvalue weighted by Gasteiger charge is -2.18. The molecule has 0 unspecified atom stereocenters. The fourth-order valence-electron chi connectivity index (χ4n) is 4.91. The second-order valence-corrected chi connectivity index (χ2v) is 13.8. The van der Waals surface area contributed by atoms with E-state index in [9.17, 15) is 18.9 Å². The van der Waals surface area contributed by atoms with E-state index in [1.165, 1.54) is 19.3 Å². The van der Waals surface area contributed by atoms with Crippen LogP contribution in [0.15, 0.2) is 48.6 Å². The number of phosphoric acid groups is 1. The molecule has 0 saturated heterocycles. The van der Waals surface area contributed by atoms with Crippen molar-refractivity contribution in [2.45, 2.75) is 168 Å². The van der Waals surface area contributed by atoms with Gasteiger partial charge in [-0.1, -0.05) is 121 Å². The average molecular weight is 711 g/mol. The molecular weight excluding hydrogens is 643 g/mol. The smallest absolute Gasteiger partial charge is 0.462 e. The monoisotopic (exact) mass is 710 g/mol. The lowest BCUT2D eigenvalue weighted by atomic mass is 10.1. The van der Waals surface area contributed by atoms with Crippen molar-refractivity contribution in [3.8, 4) is 0 Å². The van der Waals surface area contributed by atoms with E-state index in [4.69, 9.17) is 19.3 Å². The van der Waals surface area contributed by atoms with E-state index in [0.717, 1.165) is 96.3 Å². The maximum Gasteiger partial charge on any atom is 0.469 e. The Morgan fingerprint density at radius 3 is 1.71 bits per heavy atom. The predicted molar refractivity (Wildman–Crippen MR) is 198 cm³/mol. The lowest BCUT2D eigenvalue weighted by molar-refractivity contribution is -0.161. The third-order valence-corrected chi connectivity index (χ3v) is 8.28. The average Bonchev–Trinajstić information content (AvgIpc) is 3.06. The molecule has 1 atom stereocenters. The standard InChI is InChI=1S/C39H67O9P/c1-3-5-7-8-9-10-11-12-13-14-15-18-22-25-29-33-39(42)48-37(35-47-49(43,44)45)34-46-38(41)32-28-24-21-19-16-17-20-23-27-31-36(40)30-26-6-4-2/h9-10,12-13,20,23,27,31,37H,3-8,11,14-19,21-22,24-26,28-30,32-35H2,1-2H3,(H2,43,44,45)/b10-9-,13-12-,23-20-,31-27+/t37-/m1/s1. The van der Waals surface area contributed by atoms with Gasteiger partial charge in [-0.2, -0.15) is 0 Å². The highest BCUT2D eigenvalue weighted by molar-refractivity contribution is 7.46. The van der Waals surface area contributed by atoms with Crippen molar-refractivity contribution in [3.63, 3.8) is 0 Å². The summed E-state index contributed by atoms with van der Waals surface area (Å²) >= 11 is 0. The Morgan fingerprint density at radius 1 is 0.592 bits per heavy atom. The van der Waals surface area contributed by atoms with Gasteiger partial charge in [-0.25, -0.2) is 4.57 Å². The van der Waals surface area contributed by atoms with Crippen molar-refractivity contribution < 1.29 is 42.7 Å². The minimum absolute atomic E-state index is 0.172. The van der Waals surface area contributed by atoms with Gasteiger partial charge in [0.15, 0.2) is 11.9 Å². The second-order valence-electron chi connectivity index (χ2n) is 12.6. The number of unbranched alkanes of at least 4 members (excludes halogenated alkanes) is 15. The van der Waals surface area contributed by atoms with Gasteiger partial charge in [0.2, 0.25) is 0 Å². The summed E-state index contributed by atoms with van der Waals surface area (Å²) in [6.45, 7) is 3.45. The zero-order valence-corrected chi connectivity index (χ0v) is 31.5. The van der Waals surface area contributed by atoms with Gasteiger partial charge in [0.05, 0.1) is 6.61 Å². The minimum Gasteiger partial charge on any atom is -0.462 e. The molecule has 0 heterocycles. The van der Waals surface area contributed by atoms with E-state index >= 15 is 0 Å². The van der Waals surface area contributed by atoms with Crippen LogP contribution in [0.5, 0.6) is 0 Å². The van der Waals surface area contributed by atoms with Gasteiger partial charge < -0.3 is 19.3 Å². The molecule has 0 aromatic rings. The second kappa shape index (κ2) is 34.1. The topological polar surface area (TPSA) is 136 Å². The summed E-state index contributed by atoms with van der Waals surface area (Å²) in [6.07, 6.45) is 36.6. The maximum absolute atomic E-state index is 12.4. The molecule has 0 spiro atoms. The predicted octanol–water partition coefficient (Wildman–Crippen LogP) is 10.4. The van der Waals surface area contributed by atoms with E-state index < -0.39 is 32.5 Å². The van der Waals surface area contributed by atoms with Crippen molar-refractivity contribution in [2.24, 2.45) is 0 Å². The van der Waals surface area contributed by atoms with Gasteiger partial charge in [-0.15, -0.1) is 0 Å². The number of carbonyl (C=O) groups excluding carboxylic acids is 3. The van der Waals surface area contributed by atoms with Crippen LogP contribution in [0.2, 0.25) is 0 Å². The zero-order valence-electron chi connectivity index (χ0n) is 30.6. The largest absolute Gasteiger partial charge is 0.469 e. The summed E-state index contributed by atoms with van der Waals surface area (Å²) in [5.74, 6) is -0.793. The number of ketones is 1. The van der Waals surface area contributed by atoms with E-state index in [-0.39, 0.29) is 25.2 Å². The van der Waals surface area contributed by atoms with Gasteiger partial charge in [-0.3, -0.25) is 18.9 Å². The Kier molecular flexibility index (Phi) is 32.5. The fraction of sp³-hybridized carbons (Fsp3) is 0.718. The molecule has 10 heteroatoms. The Bertz CT molecular complexity index is 996. The zero-order chi connectivity index (χ0) is 36.3. The lowest BCUT2D eigenvalue weighted by Crippen LogP contribution is -2.29. The van der Waals surface area contributed by atoms with Crippen molar-refractivity contribution >= 4 is 25.5 Å². The number of allylic oxidation sites excluding steroid dienone is 8. The molecule has 0 aliphatic heterocycles. The molecular formula is C39H67O9P. The number of hydrogen-bond acceptors (Lipinski definition) is 7. The number of carbonyl (C=O) groups is 3. The highest BCUT2D eigenvalue weighted by Crippen LogP contribution is 2.36. The van der Waals surface area contributed by atoms with E-state index in [2.05, 4.69) is 48.8 Å². The molecule has 0 bridgehead atoms. The van der Waals surface area contributed by atoms with Crippen LogP contribution in [0.25, 0.3) is 0 Å². The summed E-state index contributed by atoms with van der Waals surface area (Å²) < 4.78 is 26.2. The number of esters is 2. The van der Waals surface area contributed by atoms with Crippen molar-refractivity contribution in [3.05, 3.63) is 48.6 Å². The molecule has 0 saturated carbocycles. The molecule has 0 radical (unpaired) electrons. The molecule has 0 aliphatic carbocycles. The fourth-order valence-corrected chi connectivity index (χ4v) is 5.27.